The van der Waals surface area contributed by atoms with E-state index < -0.39 is 17.4 Å². The van der Waals surface area contributed by atoms with Crippen LogP contribution in [0.3, 0.4) is 0 Å². The van der Waals surface area contributed by atoms with E-state index in [0.29, 0.717) is 17.1 Å². The first-order valence-corrected chi connectivity index (χ1v) is 9.74. The zero-order valence-corrected chi connectivity index (χ0v) is 17.2. The van der Waals surface area contributed by atoms with E-state index in [-0.39, 0.29) is 17.5 Å². The monoisotopic (exact) mass is 412 g/mol. The highest BCUT2D eigenvalue weighted by molar-refractivity contribution is 5.93. The molecule has 0 unspecified atom stereocenters. The van der Waals surface area contributed by atoms with E-state index in [9.17, 15) is 20.2 Å². The molecule has 1 aromatic carbocycles. The second kappa shape index (κ2) is 8.86. The number of ether oxygens (including phenoxy) is 2. The first-order valence-electron chi connectivity index (χ1n) is 9.74. The number of nitriles is 1. The van der Waals surface area contributed by atoms with Crippen molar-refractivity contribution in [2.75, 3.05) is 19.0 Å². The third-order valence-electron chi connectivity index (χ3n) is 5.54. The van der Waals surface area contributed by atoms with Gasteiger partial charge in [-0.3, -0.25) is 14.9 Å². The number of rotatable bonds is 7. The largest absolute Gasteiger partial charge is 0.496 e. The van der Waals surface area contributed by atoms with Crippen molar-refractivity contribution >= 4 is 17.4 Å². The van der Waals surface area contributed by atoms with Crippen molar-refractivity contribution in [3.63, 3.8) is 0 Å². The van der Waals surface area contributed by atoms with Gasteiger partial charge in [-0.15, -0.1) is 0 Å². The number of methoxy groups -OCH3 is 1. The number of hydrogen-bond donors (Lipinski definition) is 1. The highest BCUT2D eigenvalue weighted by Gasteiger charge is 2.27. The number of hydrogen-bond acceptors (Lipinski definition) is 6. The Balaban J connectivity index is 1.80. The average molecular weight is 412 g/mol. The van der Waals surface area contributed by atoms with E-state index in [1.807, 2.05) is 18.4 Å². The number of carbonyl (C=O) groups is 1. The molecule has 1 fully saturated rings. The maximum absolute atomic E-state index is 12.6. The van der Waals surface area contributed by atoms with Gasteiger partial charge in [0, 0.05) is 11.7 Å². The minimum absolute atomic E-state index is 0.0324. The quantitative estimate of drug-likeness (QED) is 0.542. The summed E-state index contributed by atoms with van der Waals surface area (Å²) in [5, 5.41) is 23.7. The number of nitro groups is 1. The van der Waals surface area contributed by atoms with Gasteiger partial charge in [0.1, 0.15) is 17.6 Å². The van der Waals surface area contributed by atoms with E-state index in [2.05, 4.69) is 11.4 Å². The second-order valence-corrected chi connectivity index (χ2v) is 7.28. The van der Waals surface area contributed by atoms with Crippen LogP contribution < -0.4 is 14.8 Å². The van der Waals surface area contributed by atoms with Crippen molar-refractivity contribution in [1.29, 1.82) is 5.26 Å². The van der Waals surface area contributed by atoms with Crippen LogP contribution in [-0.2, 0) is 4.79 Å². The Morgan fingerprint density at radius 1 is 1.37 bits per heavy atom. The van der Waals surface area contributed by atoms with Crippen LogP contribution in [0.15, 0.2) is 18.2 Å². The summed E-state index contributed by atoms with van der Waals surface area (Å²) in [6.45, 7) is 3.39. The van der Waals surface area contributed by atoms with Crippen LogP contribution in [-0.4, -0.2) is 29.1 Å². The Bertz CT molecular complexity index is 1020. The topological polar surface area (TPSA) is 119 Å². The van der Waals surface area contributed by atoms with Gasteiger partial charge in [-0.2, -0.15) is 5.26 Å². The van der Waals surface area contributed by atoms with Gasteiger partial charge in [0.2, 0.25) is 0 Å². The molecule has 1 aliphatic rings. The fourth-order valence-electron chi connectivity index (χ4n) is 3.91. The summed E-state index contributed by atoms with van der Waals surface area (Å²) in [5.74, 6) is 0.262. The molecule has 2 aromatic rings. The van der Waals surface area contributed by atoms with Crippen LogP contribution in [0, 0.1) is 35.3 Å². The Hall–Kier alpha value is -3.54. The maximum Gasteiger partial charge on any atom is 0.314 e. The van der Waals surface area contributed by atoms with Crippen molar-refractivity contribution in [2.24, 2.45) is 0 Å². The van der Waals surface area contributed by atoms with Crippen molar-refractivity contribution in [2.45, 2.75) is 45.6 Å². The molecule has 3 rings (SSSR count). The normalized spacial score (nSPS) is 13.7. The summed E-state index contributed by atoms with van der Waals surface area (Å²) >= 11 is 0. The van der Waals surface area contributed by atoms with E-state index in [1.165, 1.54) is 25.3 Å². The number of benzene rings is 1. The van der Waals surface area contributed by atoms with Gasteiger partial charge >= 0.3 is 5.69 Å². The molecule has 0 saturated heterocycles. The van der Waals surface area contributed by atoms with Gasteiger partial charge in [0.05, 0.1) is 23.7 Å². The number of nitrogens with zero attached hydrogens (tertiary/aromatic N) is 3. The molecule has 0 radical (unpaired) electrons. The molecule has 9 nitrogen and oxygen atoms in total. The van der Waals surface area contributed by atoms with Crippen LogP contribution in [0.1, 0.15) is 48.5 Å². The van der Waals surface area contributed by atoms with E-state index in [4.69, 9.17) is 9.47 Å². The van der Waals surface area contributed by atoms with Gasteiger partial charge in [0.15, 0.2) is 12.4 Å². The van der Waals surface area contributed by atoms with Gasteiger partial charge in [-0.25, -0.2) is 0 Å². The third kappa shape index (κ3) is 4.08. The number of amides is 1. The maximum atomic E-state index is 12.6. The zero-order valence-electron chi connectivity index (χ0n) is 17.2. The second-order valence-electron chi connectivity index (χ2n) is 7.28. The average Bonchev–Trinajstić information content (AvgIpc) is 3.33. The summed E-state index contributed by atoms with van der Waals surface area (Å²) in [5.41, 5.74) is 1.94. The molecule has 0 atom stereocenters. The Morgan fingerprint density at radius 2 is 2.07 bits per heavy atom. The number of nitrogens with one attached hydrogen (secondary N) is 1. The molecule has 9 heteroatoms. The molecule has 1 N–H and O–H groups in total. The number of nitro benzene ring substituents is 1. The van der Waals surface area contributed by atoms with Gasteiger partial charge in [-0.1, -0.05) is 12.8 Å². The van der Waals surface area contributed by atoms with Gasteiger partial charge < -0.3 is 19.4 Å². The lowest BCUT2D eigenvalue weighted by Gasteiger charge is -2.19. The van der Waals surface area contributed by atoms with Crippen LogP contribution in [0.25, 0.3) is 0 Å². The summed E-state index contributed by atoms with van der Waals surface area (Å²) < 4.78 is 12.4. The molecule has 1 saturated carbocycles. The van der Waals surface area contributed by atoms with Gasteiger partial charge in [0.25, 0.3) is 5.91 Å². The molecule has 0 aliphatic heterocycles. The Kier molecular flexibility index (Phi) is 6.26. The van der Waals surface area contributed by atoms with E-state index in [1.54, 1.807) is 0 Å². The minimum Gasteiger partial charge on any atom is -0.496 e. The van der Waals surface area contributed by atoms with Crippen LogP contribution in [0.4, 0.5) is 11.5 Å². The molecule has 1 heterocycles. The summed E-state index contributed by atoms with van der Waals surface area (Å²) in [6, 6.07) is 6.57. The number of carbonyl (C=O) groups excluding carboxylic acids is 1. The summed E-state index contributed by atoms with van der Waals surface area (Å²) in [4.78, 5) is 23.3. The lowest BCUT2D eigenvalue weighted by Crippen LogP contribution is -2.23. The van der Waals surface area contributed by atoms with Crippen molar-refractivity contribution in [3.8, 4) is 17.6 Å². The number of aromatic nitrogens is 1. The molecule has 0 spiro atoms. The highest BCUT2D eigenvalue weighted by Crippen LogP contribution is 2.37. The molecule has 0 bridgehead atoms. The van der Waals surface area contributed by atoms with Crippen LogP contribution in [0.2, 0.25) is 0 Å². The summed E-state index contributed by atoms with van der Waals surface area (Å²) in [6.07, 6.45) is 4.22. The summed E-state index contributed by atoms with van der Waals surface area (Å²) in [7, 11) is 1.41. The first-order chi connectivity index (χ1) is 14.4. The lowest BCUT2D eigenvalue weighted by molar-refractivity contribution is -0.385. The standard InChI is InChI=1S/C21H24N4O5/c1-13-14(2)24(15-6-4-5-7-15)21(17(13)11-22)23-20(26)12-30-19-9-8-16(29-3)10-18(19)25(27)28/h8-10,15H,4-7,12H2,1-3H3,(H,23,26). The highest BCUT2D eigenvalue weighted by atomic mass is 16.6. The van der Waals surface area contributed by atoms with Crippen molar-refractivity contribution < 1.29 is 19.2 Å². The molecular formula is C21H24N4O5. The first kappa shape index (κ1) is 21.2. The van der Waals surface area contributed by atoms with Crippen LogP contribution in [0.5, 0.6) is 11.5 Å². The zero-order chi connectivity index (χ0) is 21.8. The molecule has 1 amide bonds. The molecule has 30 heavy (non-hydrogen) atoms. The van der Waals surface area contributed by atoms with E-state index in [0.717, 1.165) is 36.9 Å². The van der Waals surface area contributed by atoms with Crippen molar-refractivity contribution in [3.05, 3.63) is 45.1 Å². The molecule has 1 aliphatic carbocycles. The Labute approximate surface area is 174 Å². The molecule has 1 aromatic heterocycles. The smallest absolute Gasteiger partial charge is 0.314 e. The van der Waals surface area contributed by atoms with Gasteiger partial charge in [-0.05, 0) is 44.4 Å². The SMILES string of the molecule is COc1ccc(OCC(=O)Nc2c(C#N)c(C)c(C)n2C2CCCC2)c([N+](=O)[O-])c1. The predicted molar refractivity (Wildman–Crippen MR) is 110 cm³/mol. The van der Waals surface area contributed by atoms with Crippen LogP contribution >= 0.6 is 0 Å². The van der Waals surface area contributed by atoms with E-state index >= 15 is 0 Å². The molecule has 158 valence electrons. The fraction of sp³-hybridized carbons (Fsp3) is 0.429. The lowest BCUT2D eigenvalue weighted by atomic mass is 10.2. The fourth-order valence-corrected chi connectivity index (χ4v) is 3.91. The molecular weight excluding hydrogens is 388 g/mol. The minimum atomic E-state index is -0.596. The third-order valence-corrected chi connectivity index (χ3v) is 5.54. The van der Waals surface area contributed by atoms with Crippen molar-refractivity contribution in [1.82, 2.24) is 4.57 Å². The number of anilines is 1. The Morgan fingerprint density at radius 3 is 2.67 bits per heavy atom. The predicted octanol–water partition coefficient (Wildman–Crippen LogP) is 4.03.